The quantitative estimate of drug-likeness (QED) is 0.641. The topological polar surface area (TPSA) is 138 Å². The van der Waals surface area contributed by atoms with Gasteiger partial charge in [-0.15, -0.1) is 0 Å². The summed E-state index contributed by atoms with van der Waals surface area (Å²) in [7, 11) is -3.61. The molecule has 154 valence electrons. The second-order valence-electron chi connectivity index (χ2n) is 6.76. The molecule has 0 unspecified atom stereocenters. The van der Waals surface area contributed by atoms with Gasteiger partial charge >= 0.3 is 0 Å². The van der Waals surface area contributed by atoms with Gasteiger partial charge in [-0.1, -0.05) is 0 Å². The molecule has 0 aliphatic carbocycles. The Morgan fingerprint density at radius 2 is 1.90 bits per heavy atom. The van der Waals surface area contributed by atoms with Crippen LogP contribution in [-0.2, 0) is 10.0 Å². The van der Waals surface area contributed by atoms with Crippen LogP contribution in [0.5, 0.6) is 11.6 Å². The molecule has 30 heavy (non-hydrogen) atoms. The van der Waals surface area contributed by atoms with Gasteiger partial charge in [0.05, 0.1) is 28.8 Å². The zero-order chi connectivity index (χ0) is 22.1. The van der Waals surface area contributed by atoms with Crippen LogP contribution in [0.3, 0.4) is 0 Å². The molecule has 0 fully saturated rings. The van der Waals surface area contributed by atoms with Crippen LogP contribution in [0.15, 0.2) is 35.3 Å². The first kappa shape index (κ1) is 21.0. The summed E-state index contributed by atoms with van der Waals surface area (Å²) in [6.07, 6.45) is 2.31. The normalized spacial score (nSPS) is 11.0. The molecular weight excluding hydrogens is 406 g/mol. The number of aryl methyl sites for hydroxylation is 3. The summed E-state index contributed by atoms with van der Waals surface area (Å²) in [5.74, 6) is 0.387. The standard InChI is InChI=1S/C20H19N5O4S/c1-11-7-12(2)23-13(3)18(11)29-20-17(25-30(4,27)28)6-5-16(24-20)15-8-14(9-21)10-22-19(15)26/h5-8,10,25H,1-4H3,(H,22,26). The van der Waals surface area contributed by atoms with Crippen LogP contribution in [-0.4, -0.2) is 29.6 Å². The van der Waals surface area contributed by atoms with E-state index in [9.17, 15) is 13.2 Å². The summed E-state index contributed by atoms with van der Waals surface area (Å²) in [6, 6.07) is 8.10. The Labute approximate surface area is 173 Å². The van der Waals surface area contributed by atoms with Crippen LogP contribution in [0, 0.1) is 32.1 Å². The van der Waals surface area contributed by atoms with Crippen molar-refractivity contribution in [2.45, 2.75) is 20.8 Å². The molecule has 3 rings (SSSR count). The molecular formula is C20H19N5O4S. The van der Waals surface area contributed by atoms with E-state index < -0.39 is 15.6 Å². The molecule has 0 aliphatic rings. The third kappa shape index (κ3) is 4.64. The van der Waals surface area contributed by atoms with Gasteiger partial charge in [0.1, 0.15) is 11.8 Å². The van der Waals surface area contributed by atoms with Crippen LogP contribution in [0.1, 0.15) is 22.5 Å². The third-order valence-electron chi connectivity index (χ3n) is 4.12. The Morgan fingerprint density at radius 1 is 1.17 bits per heavy atom. The first-order chi connectivity index (χ1) is 14.1. The van der Waals surface area contributed by atoms with Gasteiger partial charge < -0.3 is 9.72 Å². The van der Waals surface area contributed by atoms with Crippen molar-refractivity contribution in [3.8, 4) is 29.0 Å². The second-order valence-corrected chi connectivity index (χ2v) is 8.51. The Bertz CT molecular complexity index is 1320. The number of pyridine rings is 3. The number of nitrogens with one attached hydrogen (secondary N) is 2. The molecule has 3 heterocycles. The molecule has 3 aromatic heterocycles. The van der Waals surface area contributed by atoms with E-state index in [2.05, 4.69) is 19.7 Å². The van der Waals surface area contributed by atoms with Crippen LogP contribution in [0.2, 0.25) is 0 Å². The SMILES string of the molecule is Cc1cc(C)c(Oc2nc(-c3cc(C#N)c[nH]c3=O)ccc2NS(C)(=O)=O)c(C)n1. The van der Waals surface area contributed by atoms with Gasteiger partial charge in [-0.3, -0.25) is 14.5 Å². The molecule has 0 atom stereocenters. The van der Waals surface area contributed by atoms with Gasteiger partial charge in [-0.05, 0) is 50.6 Å². The largest absolute Gasteiger partial charge is 0.435 e. The Balaban J connectivity index is 2.18. The van der Waals surface area contributed by atoms with E-state index >= 15 is 0 Å². The number of aromatic nitrogens is 3. The highest BCUT2D eigenvalue weighted by Crippen LogP contribution is 2.33. The number of aromatic amines is 1. The molecule has 0 aliphatic heterocycles. The number of nitriles is 1. The van der Waals surface area contributed by atoms with Gasteiger partial charge in [0.15, 0.2) is 5.75 Å². The zero-order valence-electron chi connectivity index (χ0n) is 16.8. The van der Waals surface area contributed by atoms with Crippen molar-refractivity contribution >= 4 is 15.7 Å². The first-order valence-corrected chi connectivity index (χ1v) is 10.7. The van der Waals surface area contributed by atoms with Crippen molar-refractivity contribution in [3.05, 3.63) is 63.3 Å². The van der Waals surface area contributed by atoms with Gasteiger partial charge in [-0.25, -0.2) is 13.4 Å². The van der Waals surface area contributed by atoms with Crippen LogP contribution >= 0.6 is 0 Å². The van der Waals surface area contributed by atoms with Crippen molar-refractivity contribution in [3.63, 3.8) is 0 Å². The number of rotatable bonds is 5. The smallest absolute Gasteiger partial charge is 0.257 e. The number of anilines is 1. The van der Waals surface area contributed by atoms with E-state index in [1.54, 1.807) is 6.92 Å². The van der Waals surface area contributed by atoms with E-state index in [4.69, 9.17) is 10.00 Å². The van der Waals surface area contributed by atoms with Crippen molar-refractivity contribution in [2.24, 2.45) is 0 Å². The highest BCUT2D eigenvalue weighted by atomic mass is 32.2. The third-order valence-corrected chi connectivity index (χ3v) is 4.71. The summed E-state index contributed by atoms with van der Waals surface area (Å²) in [5.41, 5.74) is 2.50. The van der Waals surface area contributed by atoms with E-state index in [0.717, 1.165) is 17.5 Å². The fourth-order valence-corrected chi connectivity index (χ4v) is 3.50. The summed E-state index contributed by atoms with van der Waals surface area (Å²) in [4.78, 5) is 23.5. The van der Waals surface area contributed by atoms with E-state index in [0.29, 0.717) is 11.4 Å². The number of hydrogen-bond acceptors (Lipinski definition) is 7. The molecule has 9 nitrogen and oxygen atoms in total. The van der Waals surface area contributed by atoms with Crippen molar-refractivity contribution in [1.82, 2.24) is 15.0 Å². The lowest BCUT2D eigenvalue weighted by atomic mass is 10.1. The maximum absolute atomic E-state index is 12.2. The van der Waals surface area contributed by atoms with Crippen molar-refractivity contribution in [1.29, 1.82) is 5.26 Å². The van der Waals surface area contributed by atoms with E-state index in [1.807, 2.05) is 26.0 Å². The maximum atomic E-state index is 12.2. The monoisotopic (exact) mass is 425 g/mol. The van der Waals surface area contributed by atoms with Crippen molar-refractivity contribution < 1.29 is 13.2 Å². The summed E-state index contributed by atoms with van der Waals surface area (Å²) >= 11 is 0. The van der Waals surface area contributed by atoms with Gasteiger partial charge in [0.2, 0.25) is 15.9 Å². The average molecular weight is 425 g/mol. The second kappa shape index (κ2) is 7.96. The van der Waals surface area contributed by atoms with E-state index in [1.165, 1.54) is 24.4 Å². The number of H-pyrrole nitrogens is 1. The van der Waals surface area contributed by atoms with Gasteiger partial charge in [-0.2, -0.15) is 5.26 Å². The molecule has 0 aromatic carbocycles. The minimum absolute atomic E-state index is 0.0449. The van der Waals surface area contributed by atoms with Crippen molar-refractivity contribution in [2.75, 3.05) is 11.0 Å². The van der Waals surface area contributed by atoms with Gasteiger partial charge in [0, 0.05) is 11.9 Å². The van der Waals surface area contributed by atoms with Crippen LogP contribution in [0.4, 0.5) is 5.69 Å². The molecule has 2 N–H and O–H groups in total. The Hall–Kier alpha value is -3.71. The van der Waals surface area contributed by atoms with Gasteiger partial charge in [0.25, 0.3) is 5.56 Å². The first-order valence-electron chi connectivity index (χ1n) is 8.82. The Kier molecular flexibility index (Phi) is 5.58. The number of sulfonamides is 1. The highest BCUT2D eigenvalue weighted by molar-refractivity contribution is 7.92. The number of hydrogen-bond donors (Lipinski definition) is 2. The fourth-order valence-electron chi connectivity index (χ4n) is 2.95. The summed E-state index contributed by atoms with van der Waals surface area (Å²) in [5, 5.41) is 9.10. The molecule has 0 bridgehead atoms. The van der Waals surface area contributed by atoms with E-state index in [-0.39, 0.29) is 28.4 Å². The lowest BCUT2D eigenvalue weighted by Gasteiger charge is -2.15. The fraction of sp³-hybridized carbons (Fsp3) is 0.200. The molecule has 0 spiro atoms. The minimum Gasteiger partial charge on any atom is -0.435 e. The average Bonchev–Trinajstić information content (AvgIpc) is 2.65. The predicted molar refractivity (Wildman–Crippen MR) is 112 cm³/mol. The Morgan fingerprint density at radius 3 is 2.53 bits per heavy atom. The van der Waals surface area contributed by atoms with Crippen LogP contribution < -0.4 is 15.0 Å². The molecule has 0 amide bonds. The molecule has 0 radical (unpaired) electrons. The minimum atomic E-state index is -3.61. The number of ether oxygens (including phenoxy) is 1. The number of nitrogens with zero attached hydrogens (tertiary/aromatic N) is 3. The molecule has 0 saturated heterocycles. The molecule has 0 saturated carbocycles. The molecule has 10 heteroatoms. The lowest BCUT2D eigenvalue weighted by Crippen LogP contribution is -2.13. The zero-order valence-corrected chi connectivity index (χ0v) is 17.6. The summed E-state index contributed by atoms with van der Waals surface area (Å²) < 4.78 is 31.9. The highest BCUT2D eigenvalue weighted by Gasteiger charge is 2.17. The lowest BCUT2D eigenvalue weighted by molar-refractivity contribution is 0.455. The summed E-state index contributed by atoms with van der Waals surface area (Å²) in [6.45, 7) is 5.46. The molecule has 3 aromatic rings. The maximum Gasteiger partial charge on any atom is 0.257 e. The van der Waals surface area contributed by atoms with Crippen LogP contribution in [0.25, 0.3) is 11.3 Å². The predicted octanol–water partition coefficient (Wildman–Crippen LogP) is 2.79.